The van der Waals surface area contributed by atoms with Crippen LogP contribution < -0.4 is 9.47 Å². The van der Waals surface area contributed by atoms with Gasteiger partial charge in [-0.05, 0) is 30.3 Å². The molecule has 0 aliphatic carbocycles. The zero-order valence-electron chi connectivity index (χ0n) is 13.7. The number of benzene rings is 2. The van der Waals surface area contributed by atoms with Crippen LogP contribution >= 0.6 is 15.9 Å². The fourth-order valence-corrected chi connectivity index (χ4v) is 3.90. The third kappa shape index (κ3) is 4.89. The van der Waals surface area contributed by atoms with Crippen LogP contribution in [0.5, 0.6) is 11.5 Å². The number of rotatable bonds is 6. The molecule has 0 aliphatic heterocycles. The number of hydrogen-bond acceptors (Lipinski definition) is 4. The van der Waals surface area contributed by atoms with Crippen LogP contribution in [0.15, 0.2) is 51.8 Å². The topological polar surface area (TPSA) is 55.8 Å². The minimum absolute atomic E-state index is 0.106. The van der Waals surface area contributed by atoms with Crippen molar-refractivity contribution in [3.8, 4) is 11.5 Å². The zero-order chi connectivity index (χ0) is 19.5. The van der Waals surface area contributed by atoms with Crippen molar-refractivity contribution in [3.63, 3.8) is 0 Å². The van der Waals surface area contributed by atoms with Crippen LogP contribution in [0.2, 0.25) is 0 Å². The highest BCUT2D eigenvalue weighted by molar-refractivity contribution is 9.10. The zero-order valence-corrected chi connectivity index (χ0v) is 16.2. The molecular formula is C16H15BrF3NO4S. The Bertz CT molecular complexity index is 887. The summed E-state index contributed by atoms with van der Waals surface area (Å²) >= 11 is 3.29. The number of methoxy groups -OCH3 is 1. The Morgan fingerprint density at radius 3 is 2.38 bits per heavy atom. The van der Waals surface area contributed by atoms with Crippen molar-refractivity contribution in [1.29, 1.82) is 0 Å². The van der Waals surface area contributed by atoms with Gasteiger partial charge in [-0.25, -0.2) is 8.42 Å². The molecule has 0 radical (unpaired) electrons. The molecule has 0 bridgehead atoms. The van der Waals surface area contributed by atoms with Crippen LogP contribution in [0.3, 0.4) is 0 Å². The molecule has 0 amide bonds. The predicted molar refractivity (Wildman–Crippen MR) is 92.5 cm³/mol. The first kappa shape index (κ1) is 20.5. The van der Waals surface area contributed by atoms with Gasteiger partial charge in [-0.2, -0.15) is 4.31 Å². The molecule has 5 nitrogen and oxygen atoms in total. The monoisotopic (exact) mass is 453 g/mol. The van der Waals surface area contributed by atoms with E-state index in [9.17, 15) is 21.6 Å². The summed E-state index contributed by atoms with van der Waals surface area (Å²) in [6.45, 7) is -0.106. The molecule has 0 unspecified atom stereocenters. The summed E-state index contributed by atoms with van der Waals surface area (Å²) in [5.74, 6) is -0.330. The van der Waals surface area contributed by atoms with Crippen molar-refractivity contribution in [3.05, 3.63) is 52.5 Å². The van der Waals surface area contributed by atoms with E-state index in [1.54, 1.807) is 18.2 Å². The Morgan fingerprint density at radius 1 is 1.12 bits per heavy atom. The van der Waals surface area contributed by atoms with Crippen LogP contribution in [-0.4, -0.2) is 33.2 Å². The molecule has 0 heterocycles. The summed E-state index contributed by atoms with van der Waals surface area (Å²) < 4.78 is 73.8. The minimum atomic E-state index is -5.00. The summed E-state index contributed by atoms with van der Waals surface area (Å²) in [6, 6.07) is 9.65. The summed E-state index contributed by atoms with van der Waals surface area (Å²) in [7, 11) is -1.54. The third-order valence-electron chi connectivity index (χ3n) is 3.40. The third-order valence-corrected chi connectivity index (χ3v) is 5.73. The van der Waals surface area contributed by atoms with Crippen molar-refractivity contribution in [1.82, 2.24) is 4.31 Å². The standard InChI is InChI=1S/C16H15BrF3NO4S/c1-21(10-11-9-12(17)7-8-13(11)24-2)26(22,23)15-6-4-3-5-14(15)25-16(18,19)20/h3-9H,10H2,1-2H3. The first-order valence-electron chi connectivity index (χ1n) is 7.18. The number of ether oxygens (including phenoxy) is 2. The largest absolute Gasteiger partial charge is 0.573 e. The van der Waals surface area contributed by atoms with Crippen molar-refractivity contribution >= 4 is 26.0 Å². The highest BCUT2D eigenvalue weighted by atomic mass is 79.9. The van der Waals surface area contributed by atoms with Gasteiger partial charge >= 0.3 is 6.36 Å². The smallest absolute Gasteiger partial charge is 0.496 e. The van der Waals surface area contributed by atoms with Crippen LogP contribution in [0, 0.1) is 0 Å². The van der Waals surface area contributed by atoms with Crippen molar-refractivity contribution in [2.45, 2.75) is 17.8 Å². The quantitative estimate of drug-likeness (QED) is 0.658. The Labute approximate surface area is 157 Å². The lowest BCUT2D eigenvalue weighted by atomic mass is 10.2. The van der Waals surface area contributed by atoms with Gasteiger partial charge in [0.2, 0.25) is 10.0 Å². The predicted octanol–water partition coefficient (Wildman–Crippen LogP) is 4.18. The molecule has 10 heteroatoms. The Hall–Kier alpha value is -1.78. The average molecular weight is 454 g/mol. The molecule has 0 N–H and O–H groups in total. The van der Waals surface area contributed by atoms with Gasteiger partial charge in [0.15, 0.2) is 0 Å². The fraction of sp³-hybridized carbons (Fsp3) is 0.250. The van der Waals surface area contributed by atoms with Gasteiger partial charge in [-0.15, -0.1) is 13.2 Å². The van der Waals surface area contributed by atoms with E-state index in [1.807, 2.05) is 0 Å². The number of alkyl halides is 3. The fourth-order valence-electron chi connectivity index (χ4n) is 2.24. The average Bonchev–Trinajstić information content (AvgIpc) is 2.54. The van der Waals surface area contributed by atoms with Crippen LogP contribution in [-0.2, 0) is 16.6 Å². The van der Waals surface area contributed by atoms with E-state index in [0.717, 1.165) is 16.4 Å². The second-order valence-corrected chi connectivity index (χ2v) is 8.14. The molecule has 2 aromatic rings. The lowest BCUT2D eigenvalue weighted by Crippen LogP contribution is -2.28. The van der Waals surface area contributed by atoms with Crippen LogP contribution in [0.1, 0.15) is 5.56 Å². The molecule has 26 heavy (non-hydrogen) atoms. The van der Waals surface area contributed by atoms with E-state index in [-0.39, 0.29) is 6.54 Å². The molecule has 142 valence electrons. The SMILES string of the molecule is COc1ccc(Br)cc1CN(C)S(=O)(=O)c1ccccc1OC(F)(F)F. The molecule has 0 saturated carbocycles. The molecule has 0 spiro atoms. The molecule has 2 rings (SSSR count). The maximum Gasteiger partial charge on any atom is 0.573 e. The Balaban J connectivity index is 2.38. The van der Waals surface area contributed by atoms with E-state index in [4.69, 9.17) is 4.74 Å². The summed E-state index contributed by atoms with van der Waals surface area (Å²) in [5.41, 5.74) is 0.544. The van der Waals surface area contributed by atoms with Crippen molar-refractivity contribution in [2.24, 2.45) is 0 Å². The Morgan fingerprint density at radius 2 is 1.77 bits per heavy atom. The number of halogens is 4. The summed E-state index contributed by atoms with van der Waals surface area (Å²) in [4.78, 5) is -0.575. The lowest BCUT2D eigenvalue weighted by molar-refractivity contribution is -0.275. The van der Waals surface area contributed by atoms with Crippen molar-refractivity contribution < 1.29 is 31.1 Å². The maximum absolute atomic E-state index is 12.8. The molecular weight excluding hydrogens is 439 g/mol. The van der Waals surface area contributed by atoms with E-state index >= 15 is 0 Å². The minimum Gasteiger partial charge on any atom is -0.496 e. The molecule has 0 aliphatic rings. The van der Waals surface area contributed by atoms with E-state index in [2.05, 4.69) is 20.7 Å². The highest BCUT2D eigenvalue weighted by Gasteiger charge is 2.35. The van der Waals surface area contributed by atoms with Crippen LogP contribution in [0.4, 0.5) is 13.2 Å². The van der Waals surface area contributed by atoms with E-state index in [1.165, 1.54) is 26.3 Å². The number of hydrogen-bond donors (Lipinski definition) is 0. The molecule has 0 fully saturated rings. The summed E-state index contributed by atoms with van der Waals surface area (Å²) in [5, 5.41) is 0. The summed E-state index contributed by atoms with van der Waals surface area (Å²) in [6.07, 6.45) is -5.00. The van der Waals surface area contributed by atoms with Gasteiger partial charge < -0.3 is 9.47 Å². The number of para-hydroxylation sites is 1. The second kappa shape index (κ2) is 7.85. The van der Waals surface area contributed by atoms with E-state index in [0.29, 0.717) is 15.8 Å². The van der Waals surface area contributed by atoms with Gasteiger partial charge in [-0.1, -0.05) is 28.1 Å². The normalized spacial score (nSPS) is 12.3. The van der Waals surface area contributed by atoms with Gasteiger partial charge in [0, 0.05) is 23.6 Å². The van der Waals surface area contributed by atoms with Gasteiger partial charge in [-0.3, -0.25) is 0 Å². The molecule has 0 saturated heterocycles. The molecule has 0 atom stereocenters. The van der Waals surface area contributed by atoms with Gasteiger partial charge in [0.1, 0.15) is 16.4 Å². The number of nitrogens with zero attached hydrogens (tertiary/aromatic N) is 1. The first-order valence-corrected chi connectivity index (χ1v) is 9.41. The number of sulfonamides is 1. The second-order valence-electron chi connectivity index (χ2n) is 5.21. The van der Waals surface area contributed by atoms with Crippen LogP contribution in [0.25, 0.3) is 0 Å². The maximum atomic E-state index is 12.8. The highest BCUT2D eigenvalue weighted by Crippen LogP contribution is 2.32. The van der Waals surface area contributed by atoms with E-state index < -0.39 is 27.0 Å². The lowest BCUT2D eigenvalue weighted by Gasteiger charge is -2.21. The first-order chi connectivity index (χ1) is 12.0. The van der Waals surface area contributed by atoms with Gasteiger partial charge in [0.25, 0.3) is 0 Å². The molecule has 0 aromatic heterocycles. The van der Waals surface area contributed by atoms with Gasteiger partial charge in [0.05, 0.1) is 7.11 Å². The van der Waals surface area contributed by atoms with Crippen molar-refractivity contribution in [2.75, 3.05) is 14.2 Å². The molecule has 2 aromatic carbocycles. The Kier molecular flexibility index (Phi) is 6.20.